The molecular weight excluding hydrogens is 366 g/mol. The molecule has 6 nitrogen and oxygen atoms in total. The summed E-state index contributed by atoms with van der Waals surface area (Å²) in [4.78, 5) is 30.7. The van der Waals surface area contributed by atoms with E-state index < -0.39 is 0 Å². The number of hydrogen-bond acceptors (Lipinski definition) is 3. The standard InChI is InChI=1S/C23H29N3O3/c1-29-13-12-26-21-9-5-3-7-18(21)19(23(26)28)14-22(27)24-11-10-16-15-25-20-8-4-2-6-17(16)20/h2,4,6,8,15,21,25H,3,5,7,9-14H2,1H3,(H,24,27). The number of rotatable bonds is 8. The highest BCUT2D eigenvalue weighted by Gasteiger charge is 2.39. The fourth-order valence-corrected chi connectivity index (χ4v) is 4.68. The molecule has 154 valence electrons. The molecule has 0 saturated heterocycles. The first kappa shape index (κ1) is 19.7. The van der Waals surface area contributed by atoms with Crippen LogP contribution < -0.4 is 5.32 Å². The molecule has 1 saturated carbocycles. The van der Waals surface area contributed by atoms with Gasteiger partial charge in [-0.05, 0) is 42.9 Å². The molecule has 1 aromatic heterocycles. The molecule has 4 rings (SSSR count). The zero-order chi connectivity index (χ0) is 20.2. The highest BCUT2D eigenvalue weighted by atomic mass is 16.5. The lowest BCUT2D eigenvalue weighted by Gasteiger charge is -2.29. The van der Waals surface area contributed by atoms with E-state index in [9.17, 15) is 9.59 Å². The van der Waals surface area contributed by atoms with Crippen molar-refractivity contribution in [2.24, 2.45) is 0 Å². The average Bonchev–Trinajstić information content (AvgIpc) is 3.26. The smallest absolute Gasteiger partial charge is 0.250 e. The fourth-order valence-electron chi connectivity index (χ4n) is 4.68. The van der Waals surface area contributed by atoms with Crippen molar-refractivity contribution in [3.8, 4) is 0 Å². The van der Waals surface area contributed by atoms with Crippen molar-refractivity contribution in [1.82, 2.24) is 15.2 Å². The monoisotopic (exact) mass is 395 g/mol. The first-order chi connectivity index (χ1) is 14.2. The summed E-state index contributed by atoms with van der Waals surface area (Å²) in [5, 5.41) is 4.20. The highest BCUT2D eigenvalue weighted by molar-refractivity contribution is 6.02. The summed E-state index contributed by atoms with van der Waals surface area (Å²) in [6, 6.07) is 8.33. The third-order valence-corrected chi connectivity index (χ3v) is 6.12. The van der Waals surface area contributed by atoms with Crippen molar-refractivity contribution in [3.05, 3.63) is 47.2 Å². The summed E-state index contributed by atoms with van der Waals surface area (Å²) in [6.07, 6.45) is 7.11. The number of para-hydroxylation sites is 1. The number of H-pyrrole nitrogens is 1. The van der Waals surface area contributed by atoms with Crippen LogP contribution in [0.15, 0.2) is 41.6 Å². The van der Waals surface area contributed by atoms with E-state index in [2.05, 4.69) is 16.4 Å². The van der Waals surface area contributed by atoms with Gasteiger partial charge in [-0.25, -0.2) is 0 Å². The third-order valence-electron chi connectivity index (χ3n) is 6.12. The minimum absolute atomic E-state index is 0.0238. The average molecular weight is 396 g/mol. The van der Waals surface area contributed by atoms with Crippen molar-refractivity contribution >= 4 is 22.7 Å². The lowest BCUT2D eigenvalue weighted by molar-refractivity contribution is -0.129. The Labute approximate surface area is 171 Å². The number of benzene rings is 1. The first-order valence-electron chi connectivity index (χ1n) is 10.5. The SMILES string of the molecule is COCCN1C(=O)C(CC(=O)NCCc2c[nH]c3ccccc23)=C2CCCCC21. The molecule has 2 amide bonds. The predicted molar refractivity (Wildman–Crippen MR) is 113 cm³/mol. The van der Waals surface area contributed by atoms with E-state index in [0.29, 0.717) is 19.7 Å². The Hall–Kier alpha value is -2.60. The molecule has 2 aliphatic rings. The molecule has 1 fully saturated rings. The van der Waals surface area contributed by atoms with E-state index in [-0.39, 0.29) is 24.3 Å². The van der Waals surface area contributed by atoms with Crippen LogP contribution in [0.25, 0.3) is 10.9 Å². The van der Waals surface area contributed by atoms with E-state index in [0.717, 1.165) is 43.2 Å². The highest BCUT2D eigenvalue weighted by Crippen LogP contribution is 2.37. The van der Waals surface area contributed by atoms with Gasteiger partial charge in [0.15, 0.2) is 0 Å². The van der Waals surface area contributed by atoms with Gasteiger partial charge in [0.2, 0.25) is 5.91 Å². The Morgan fingerprint density at radius 2 is 2.17 bits per heavy atom. The molecule has 29 heavy (non-hydrogen) atoms. The summed E-state index contributed by atoms with van der Waals surface area (Å²) in [5.74, 6) is -0.0469. The maximum Gasteiger partial charge on any atom is 0.250 e. The number of amides is 2. The molecule has 1 aliphatic carbocycles. The van der Waals surface area contributed by atoms with Gasteiger partial charge in [0.05, 0.1) is 19.1 Å². The van der Waals surface area contributed by atoms with Crippen LogP contribution in [-0.4, -0.2) is 54.5 Å². The molecule has 6 heteroatoms. The molecular formula is C23H29N3O3. The Balaban J connectivity index is 1.36. The van der Waals surface area contributed by atoms with Crippen LogP contribution >= 0.6 is 0 Å². The van der Waals surface area contributed by atoms with Crippen LogP contribution in [-0.2, 0) is 20.7 Å². The molecule has 2 aromatic rings. The second-order valence-electron chi connectivity index (χ2n) is 7.89. The van der Waals surface area contributed by atoms with Gasteiger partial charge < -0.3 is 19.9 Å². The number of carbonyl (C=O) groups excluding carboxylic acids is 2. The van der Waals surface area contributed by atoms with E-state index in [4.69, 9.17) is 4.74 Å². The van der Waals surface area contributed by atoms with Crippen molar-refractivity contribution in [3.63, 3.8) is 0 Å². The number of carbonyl (C=O) groups is 2. The Bertz CT molecular complexity index is 930. The largest absolute Gasteiger partial charge is 0.383 e. The quantitative estimate of drug-likeness (QED) is 0.722. The summed E-state index contributed by atoms with van der Waals surface area (Å²) in [5.41, 5.74) is 4.20. The van der Waals surface area contributed by atoms with Crippen LogP contribution in [0, 0.1) is 0 Å². The maximum absolute atomic E-state index is 12.9. The van der Waals surface area contributed by atoms with Crippen LogP contribution in [0.4, 0.5) is 0 Å². The van der Waals surface area contributed by atoms with Crippen molar-refractivity contribution < 1.29 is 14.3 Å². The van der Waals surface area contributed by atoms with Crippen LogP contribution in [0.1, 0.15) is 37.7 Å². The molecule has 1 aliphatic heterocycles. The molecule has 0 radical (unpaired) electrons. The number of ether oxygens (including phenoxy) is 1. The number of aromatic amines is 1. The molecule has 1 atom stereocenters. The second-order valence-corrected chi connectivity index (χ2v) is 7.89. The Kier molecular flexibility index (Phi) is 6.00. The zero-order valence-corrected chi connectivity index (χ0v) is 17.0. The van der Waals surface area contributed by atoms with Crippen molar-refractivity contribution in [1.29, 1.82) is 0 Å². The van der Waals surface area contributed by atoms with Gasteiger partial charge in [-0.3, -0.25) is 9.59 Å². The minimum atomic E-state index is -0.0707. The molecule has 0 bridgehead atoms. The summed E-state index contributed by atoms with van der Waals surface area (Å²) in [7, 11) is 1.65. The third kappa shape index (κ3) is 4.08. The molecule has 2 heterocycles. The van der Waals surface area contributed by atoms with Gasteiger partial charge in [-0.1, -0.05) is 24.6 Å². The Morgan fingerprint density at radius 3 is 3.03 bits per heavy atom. The van der Waals surface area contributed by atoms with Gasteiger partial charge >= 0.3 is 0 Å². The lowest BCUT2D eigenvalue weighted by Crippen LogP contribution is -2.39. The Morgan fingerprint density at radius 1 is 1.31 bits per heavy atom. The van der Waals surface area contributed by atoms with E-state index in [1.165, 1.54) is 16.5 Å². The number of nitrogens with zero attached hydrogens (tertiary/aromatic N) is 1. The molecule has 1 unspecified atom stereocenters. The van der Waals surface area contributed by atoms with Crippen molar-refractivity contribution in [2.45, 2.75) is 44.6 Å². The summed E-state index contributed by atoms with van der Waals surface area (Å²) in [6.45, 7) is 1.68. The minimum Gasteiger partial charge on any atom is -0.383 e. The predicted octanol–water partition coefficient (Wildman–Crippen LogP) is 2.94. The van der Waals surface area contributed by atoms with E-state index in [1.807, 2.05) is 29.3 Å². The normalized spacial score (nSPS) is 19.1. The summed E-state index contributed by atoms with van der Waals surface area (Å²) < 4.78 is 5.17. The second kappa shape index (κ2) is 8.82. The fraction of sp³-hybridized carbons (Fsp3) is 0.478. The van der Waals surface area contributed by atoms with Gasteiger partial charge in [-0.15, -0.1) is 0 Å². The summed E-state index contributed by atoms with van der Waals surface area (Å²) >= 11 is 0. The van der Waals surface area contributed by atoms with Crippen LogP contribution in [0.2, 0.25) is 0 Å². The van der Waals surface area contributed by atoms with Crippen LogP contribution in [0.3, 0.4) is 0 Å². The van der Waals surface area contributed by atoms with Gasteiger partial charge in [0.1, 0.15) is 0 Å². The number of fused-ring (bicyclic) bond motifs is 2. The maximum atomic E-state index is 12.9. The molecule has 1 aromatic carbocycles. The number of aromatic nitrogens is 1. The van der Waals surface area contributed by atoms with Crippen molar-refractivity contribution in [2.75, 3.05) is 26.8 Å². The van der Waals surface area contributed by atoms with E-state index >= 15 is 0 Å². The topological polar surface area (TPSA) is 74.4 Å². The van der Waals surface area contributed by atoms with Gasteiger partial charge in [0, 0.05) is 42.9 Å². The van der Waals surface area contributed by atoms with Gasteiger partial charge in [-0.2, -0.15) is 0 Å². The van der Waals surface area contributed by atoms with Crippen LogP contribution in [0.5, 0.6) is 0 Å². The zero-order valence-electron chi connectivity index (χ0n) is 17.0. The number of methoxy groups -OCH3 is 1. The van der Waals surface area contributed by atoms with E-state index in [1.54, 1.807) is 7.11 Å². The lowest BCUT2D eigenvalue weighted by atomic mass is 9.88. The molecule has 0 spiro atoms. The number of hydrogen-bond donors (Lipinski definition) is 2. The first-order valence-corrected chi connectivity index (χ1v) is 10.5. The molecule has 2 N–H and O–H groups in total. The van der Waals surface area contributed by atoms with Gasteiger partial charge in [0.25, 0.3) is 5.91 Å². The number of nitrogens with one attached hydrogen (secondary N) is 2.